The van der Waals surface area contributed by atoms with Gasteiger partial charge in [-0.2, -0.15) is 5.26 Å². The Morgan fingerprint density at radius 2 is 1.91 bits per heavy atom. The van der Waals surface area contributed by atoms with E-state index in [0.29, 0.717) is 23.4 Å². The van der Waals surface area contributed by atoms with Gasteiger partial charge in [0.05, 0.1) is 12.5 Å². The van der Waals surface area contributed by atoms with Crippen molar-refractivity contribution in [3.8, 4) is 11.8 Å². The average molecular weight is 309 g/mol. The SMILES string of the molecule is N#CCc1ccc(NC(=O)c2cccc(OCC(N)=O)c2)cc1. The number of hydrogen-bond donors (Lipinski definition) is 2. The number of anilines is 1. The van der Waals surface area contributed by atoms with Gasteiger partial charge in [0.2, 0.25) is 0 Å². The van der Waals surface area contributed by atoms with Crippen molar-refractivity contribution in [2.45, 2.75) is 6.42 Å². The van der Waals surface area contributed by atoms with Crippen molar-refractivity contribution in [1.29, 1.82) is 5.26 Å². The van der Waals surface area contributed by atoms with E-state index in [1.54, 1.807) is 42.5 Å². The third-order valence-corrected chi connectivity index (χ3v) is 2.97. The highest BCUT2D eigenvalue weighted by molar-refractivity contribution is 6.04. The highest BCUT2D eigenvalue weighted by Gasteiger charge is 2.08. The minimum atomic E-state index is -0.586. The van der Waals surface area contributed by atoms with Crippen molar-refractivity contribution in [3.05, 3.63) is 59.7 Å². The number of ether oxygens (including phenoxy) is 1. The Morgan fingerprint density at radius 3 is 2.57 bits per heavy atom. The maximum atomic E-state index is 12.2. The second-order valence-electron chi connectivity index (χ2n) is 4.77. The van der Waals surface area contributed by atoms with Gasteiger partial charge in [0.25, 0.3) is 11.8 Å². The summed E-state index contributed by atoms with van der Waals surface area (Å²) in [5.41, 5.74) is 6.91. The Morgan fingerprint density at radius 1 is 1.17 bits per heavy atom. The number of nitrogens with one attached hydrogen (secondary N) is 1. The number of hydrogen-bond acceptors (Lipinski definition) is 4. The van der Waals surface area contributed by atoms with E-state index in [-0.39, 0.29) is 12.5 Å². The fraction of sp³-hybridized carbons (Fsp3) is 0.118. The molecule has 0 aliphatic rings. The number of carbonyl (C=O) groups excluding carboxylic acids is 2. The number of rotatable bonds is 6. The van der Waals surface area contributed by atoms with Crippen LogP contribution in [0.4, 0.5) is 5.69 Å². The number of nitrogens with zero attached hydrogens (tertiary/aromatic N) is 1. The zero-order valence-electron chi connectivity index (χ0n) is 12.3. The Balaban J connectivity index is 2.04. The predicted molar refractivity (Wildman–Crippen MR) is 84.8 cm³/mol. The zero-order valence-corrected chi connectivity index (χ0v) is 12.3. The summed E-state index contributed by atoms with van der Waals surface area (Å²) in [6, 6.07) is 15.6. The van der Waals surface area contributed by atoms with Gasteiger partial charge in [0.1, 0.15) is 5.75 Å². The number of primary amides is 1. The van der Waals surface area contributed by atoms with Crippen LogP contribution < -0.4 is 15.8 Å². The second-order valence-corrected chi connectivity index (χ2v) is 4.77. The number of amides is 2. The number of benzene rings is 2. The first kappa shape index (κ1) is 16.0. The van der Waals surface area contributed by atoms with Crippen LogP contribution in [0.5, 0.6) is 5.75 Å². The normalized spacial score (nSPS) is 9.70. The average Bonchev–Trinajstić information content (AvgIpc) is 2.55. The van der Waals surface area contributed by atoms with E-state index in [1.165, 1.54) is 6.07 Å². The maximum absolute atomic E-state index is 12.2. The van der Waals surface area contributed by atoms with E-state index in [4.69, 9.17) is 15.7 Å². The summed E-state index contributed by atoms with van der Waals surface area (Å²) in [7, 11) is 0. The fourth-order valence-electron chi connectivity index (χ4n) is 1.88. The molecule has 2 rings (SSSR count). The van der Waals surface area contributed by atoms with Crippen LogP contribution in [0, 0.1) is 11.3 Å². The first-order chi connectivity index (χ1) is 11.1. The van der Waals surface area contributed by atoms with Crippen LogP contribution in [-0.4, -0.2) is 18.4 Å². The van der Waals surface area contributed by atoms with Crippen LogP contribution in [0.15, 0.2) is 48.5 Å². The Labute approximate surface area is 133 Å². The standard InChI is InChI=1S/C17H15N3O3/c18-9-8-12-4-6-14(7-5-12)20-17(22)13-2-1-3-15(10-13)23-11-16(19)21/h1-7,10H,8,11H2,(H2,19,21)(H,20,22). The number of carbonyl (C=O) groups is 2. The summed E-state index contributed by atoms with van der Waals surface area (Å²) in [4.78, 5) is 22.9. The molecule has 6 heteroatoms. The van der Waals surface area contributed by atoms with Crippen LogP contribution in [0.2, 0.25) is 0 Å². The molecule has 2 aromatic carbocycles. The van der Waals surface area contributed by atoms with Crippen molar-refractivity contribution in [1.82, 2.24) is 0 Å². The first-order valence-corrected chi connectivity index (χ1v) is 6.87. The van der Waals surface area contributed by atoms with Gasteiger partial charge < -0.3 is 15.8 Å². The highest BCUT2D eigenvalue weighted by atomic mass is 16.5. The molecule has 2 aromatic rings. The molecule has 0 saturated carbocycles. The summed E-state index contributed by atoms with van der Waals surface area (Å²) in [5.74, 6) is -0.499. The lowest BCUT2D eigenvalue weighted by molar-refractivity contribution is -0.119. The van der Waals surface area contributed by atoms with Gasteiger partial charge in [-0.3, -0.25) is 9.59 Å². The fourth-order valence-corrected chi connectivity index (χ4v) is 1.88. The largest absolute Gasteiger partial charge is 0.484 e. The molecule has 3 N–H and O–H groups in total. The molecule has 0 fully saturated rings. The Kier molecular flexibility index (Phi) is 5.31. The summed E-state index contributed by atoms with van der Waals surface area (Å²) in [6.45, 7) is -0.245. The van der Waals surface area contributed by atoms with Gasteiger partial charge in [-0.1, -0.05) is 18.2 Å². The Hall–Kier alpha value is -3.33. The first-order valence-electron chi connectivity index (χ1n) is 6.87. The molecule has 0 bridgehead atoms. The van der Waals surface area contributed by atoms with Gasteiger partial charge in [0.15, 0.2) is 6.61 Å². The molecule has 0 heterocycles. The van der Waals surface area contributed by atoms with Crippen LogP contribution in [0.1, 0.15) is 15.9 Å². The van der Waals surface area contributed by atoms with Crippen LogP contribution in [0.25, 0.3) is 0 Å². The molecule has 0 spiro atoms. The summed E-state index contributed by atoms with van der Waals surface area (Å²) >= 11 is 0. The zero-order chi connectivity index (χ0) is 16.7. The summed E-state index contributed by atoms with van der Waals surface area (Å²) < 4.78 is 5.17. The van der Waals surface area contributed by atoms with Crippen LogP contribution in [0.3, 0.4) is 0 Å². The molecule has 116 valence electrons. The molecule has 0 radical (unpaired) electrons. The molecular weight excluding hydrogens is 294 g/mol. The minimum Gasteiger partial charge on any atom is -0.484 e. The third kappa shape index (κ3) is 4.86. The molecule has 0 atom stereocenters. The van der Waals surface area contributed by atoms with Gasteiger partial charge in [-0.15, -0.1) is 0 Å². The second kappa shape index (κ2) is 7.61. The summed E-state index contributed by atoms with van der Waals surface area (Å²) in [6.07, 6.45) is 0.327. The number of nitrogens with two attached hydrogens (primary N) is 1. The monoisotopic (exact) mass is 309 g/mol. The quantitative estimate of drug-likeness (QED) is 0.849. The van der Waals surface area contributed by atoms with E-state index < -0.39 is 5.91 Å². The van der Waals surface area contributed by atoms with E-state index in [1.807, 2.05) is 0 Å². The lowest BCUT2D eigenvalue weighted by Crippen LogP contribution is -2.20. The lowest BCUT2D eigenvalue weighted by Gasteiger charge is -2.08. The highest BCUT2D eigenvalue weighted by Crippen LogP contribution is 2.16. The predicted octanol–water partition coefficient (Wildman–Crippen LogP) is 1.87. The third-order valence-electron chi connectivity index (χ3n) is 2.97. The molecule has 0 unspecified atom stereocenters. The Bertz CT molecular complexity index is 748. The molecule has 0 saturated heterocycles. The maximum Gasteiger partial charge on any atom is 0.255 e. The van der Waals surface area contributed by atoms with Crippen molar-refractivity contribution < 1.29 is 14.3 Å². The number of nitriles is 1. The smallest absolute Gasteiger partial charge is 0.255 e. The molecule has 2 amide bonds. The lowest BCUT2D eigenvalue weighted by atomic mass is 10.1. The molecule has 6 nitrogen and oxygen atoms in total. The van der Waals surface area contributed by atoms with Gasteiger partial charge in [0, 0.05) is 11.3 Å². The van der Waals surface area contributed by atoms with Crippen molar-refractivity contribution in [2.75, 3.05) is 11.9 Å². The molecule has 0 aliphatic heterocycles. The van der Waals surface area contributed by atoms with Crippen LogP contribution in [-0.2, 0) is 11.2 Å². The molecule has 23 heavy (non-hydrogen) atoms. The van der Waals surface area contributed by atoms with E-state index in [9.17, 15) is 9.59 Å². The van der Waals surface area contributed by atoms with E-state index >= 15 is 0 Å². The molecule has 0 aliphatic carbocycles. The van der Waals surface area contributed by atoms with Crippen molar-refractivity contribution in [2.24, 2.45) is 5.73 Å². The van der Waals surface area contributed by atoms with E-state index in [2.05, 4.69) is 11.4 Å². The summed E-state index contributed by atoms with van der Waals surface area (Å²) in [5, 5.41) is 11.4. The van der Waals surface area contributed by atoms with E-state index in [0.717, 1.165) is 5.56 Å². The van der Waals surface area contributed by atoms with Gasteiger partial charge in [-0.25, -0.2) is 0 Å². The van der Waals surface area contributed by atoms with Gasteiger partial charge in [-0.05, 0) is 35.9 Å². The van der Waals surface area contributed by atoms with Crippen molar-refractivity contribution in [3.63, 3.8) is 0 Å². The minimum absolute atomic E-state index is 0.245. The van der Waals surface area contributed by atoms with Gasteiger partial charge >= 0.3 is 0 Å². The topological polar surface area (TPSA) is 105 Å². The van der Waals surface area contributed by atoms with Crippen molar-refractivity contribution >= 4 is 17.5 Å². The molecular formula is C17H15N3O3. The molecule has 0 aromatic heterocycles. The van der Waals surface area contributed by atoms with Crippen LogP contribution >= 0.6 is 0 Å².